The van der Waals surface area contributed by atoms with Crippen molar-refractivity contribution in [2.45, 2.75) is 38.6 Å². The van der Waals surface area contributed by atoms with Crippen molar-refractivity contribution >= 4 is 5.97 Å². The number of fused-ring (bicyclic) bond motifs is 1. The molecule has 0 spiro atoms. The lowest BCUT2D eigenvalue weighted by atomic mass is 9.80. The van der Waals surface area contributed by atoms with Crippen molar-refractivity contribution in [2.75, 3.05) is 13.6 Å². The van der Waals surface area contributed by atoms with Gasteiger partial charge in [0, 0.05) is 12.6 Å². The molecular formula is C16H23NO2. The highest BCUT2D eigenvalue weighted by Crippen LogP contribution is 2.39. The number of carboxylic acid groups (broad SMARTS) is 1. The molecule has 0 heterocycles. The summed E-state index contributed by atoms with van der Waals surface area (Å²) in [6.45, 7) is 4.65. The van der Waals surface area contributed by atoms with Crippen LogP contribution in [0, 0.1) is 5.92 Å². The van der Waals surface area contributed by atoms with Crippen LogP contribution in [0.3, 0.4) is 0 Å². The molecule has 0 saturated carbocycles. The van der Waals surface area contributed by atoms with Crippen LogP contribution in [0.2, 0.25) is 0 Å². The highest BCUT2D eigenvalue weighted by molar-refractivity contribution is 5.69. The molecule has 3 heteroatoms. The first-order valence-electron chi connectivity index (χ1n) is 7.02. The predicted octanol–water partition coefficient (Wildman–Crippen LogP) is 3.28. The van der Waals surface area contributed by atoms with Crippen LogP contribution in [0.1, 0.15) is 49.8 Å². The third-order valence-electron chi connectivity index (χ3n) is 4.27. The molecule has 1 aliphatic rings. The Bertz CT molecular complexity index is 458. The van der Waals surface area contributed by atoms with E-state index in [1.54, 1.807) is 6.92 Å². The van der Waals surface area contributed by atoms with E-state index in [1.165, 1.54) is 17.5 Å². The number of carboxylic acids is 1. The van der Waals surface area contributed by atoms with Crippen molar-refractivity contribution in [1.82, 2.24) is 4.90 Å². The molecule has 2 rings (SSSR count). The van der Waals surface area contributed by atoms with E-state index in [-0.39, 0.29) is 5.92 Å². The van der Waals surface area contributed by atoms with Crippen LogP contribution >= 0.6 is 0 Å². The van der Waals surface area contributed by atoms with Crippen LogP contribution in [-0.2, 0) is 4.79 Å². The molecule has 0 aromatic heterocycles. The standard InChI is InChI=1S/C16H23NO2/c1-11-8-9-15(14-7-5-4-6-13(11)14)17(3)10-12(2)16(18)19/h4-7,11-12,15H,8-10H2,1-3H3,(H,18,19). The monoisotopic (exact) mass is 261 g/mol. The Hall–Kier alpha value is -1.35. The zero-order valence-corrected chi connectivity index (χ0v) is 12.0. The number of hydrogen-bond acceptors (Lipinski definition) is 2. The molecule has 0 radical (unpaired) electrons. The topological polar surface area (TPSA) is 40.5 Å². The van der Waals surface area contributed by atoms with Gasteiger partial charge >= 0.3 is 5.97 Å². The van der Waals surface area contributed by atoms with Crippen LogP contribution in [0.15, 0.2) is 24.3 Å². The molecule has 0 aliphatic heterocycles. The second-order valence-corrected chi connectivity index (χ2v) is 5.80. The summed E-state index contributed by atoms with van der Waals surface area (Å²) in [7, 11) is 2.04. The van der Waals surface area contributed by atoms with Crippen LogP contribution < -0.4 is 0 Å². The van der Waals surface area contributed by atoms with E-state index in [1.807, 2.05) is 7.05 Å². The van der Waals surface area contributed by atoms with Crippen molar-refractivity contribution in [3.8, 4) is 0 Å². The fourth-order valence-corrected chi connectivity index (χ4v) is 3.08. The van der Waals surface area contributed by atoms with E-state index >= 15 is 0 Å². The fraction of sp³-hybridized carbons (Fsp3) is 0.562. The molecule has 1 aromatic carbocycles. The van der Waals surface area contributed by atoms with Gasteiger partial charge in [0.1, 0.15) is 0 Å². The Morgan fingerprint density at radius 3 is 2.63 bits per heavy atom. The van der Waals surface area contributed by atoms with Gasteiger partial charge < -0.3 is 5.11 Å². The summed E-state index contributed by atoms with van der Waals surface area (Å²) in [6.07, 6.45) is 2.29. The molecule has 104 valence electrons. The maximum atomic E-state index is 11.0. The summed E-state index contributed by atoms with van der Waals surface area (Å²) in [4.78, 5) is 13.2. The van der Waals surface area contributed by atoms with E-state index in [9.17, 15) is 4.79 Å². The molecular weight excluding hydrogens is 238 g/mol. The number of nitrogens with zero attached hydrogens (tertiary/aromatic N) is 1. The summed E-state index contributed by atoms with van der Waals surface area (Å²) >= 11 is 0. The minimum absolute atomic E-state index is 0.323. The van der Waals surface area contributed by atoms with E-state index in [0.717, 1.165) is 6.42 Å². The minimum Gasteiger partial charge on any atom is -0.481 e. The molecule has 1 aromatic rings. The number of aliphatic carboxylic acids is 1. The first-order valence-corrected chi connectivity index (χ1v) is 7.02. The average Bonchev–Trinajstić information content (AvgIpc) is 2.39. The van der Waals surface area contributed by atoms with Gasteiger partial charge in [-0.3, -0.25) is 9.69 Å². The van der Waals surface area contributed by atoms with Crippen molar-refractivity contribution in [2.24, 2.45) is 5.92 Å². The summed E-state index contributed by atoms with van der Waals surface area (Å²) in [5.41, 5.74) is 2.80. The van der Waals surface area contributed by atoms with Crippen molar-refractivity contribution in [3.63, 3.8) is 0 Å². The van der Waals surface area contributed by atoms with Gasteiger partial charge in [-0.15, -0.1) is 0 Å². The first-order chi connectivity index (χ1) is 9.00. The molecule has 19 heavy (non-hydrogen) atoms. The first kappa shape index (κ1) is 14.1. The van der Waals surface area contributed by atoms with Gasteiger partial charge in [0.15, 0.2) is 0 Å². The van der Waals surface area contributed by atoms with Gasteiger partial charge in [-0.1, -0.05) is 38.1 Å². The molecule has 0 fully saturated rings. The Balaban J connectivity index is 2.18. The minimum atomic E-state index is -0.718. The fourth-order valence-electron chi connectivity index (χ4n) is 3.08. The smallest absolute Gasteiger partial charge is 0.307 e. The third-order valence-corrected chi connectivity index (χ3v) is 4.27. The lowest BCUT2D eigenvalue weighted by Gasteiger charge is -2.36. The molecule has 3 unspecified atom stereocenters. The Kier molecular flexibility index (Phi) is 4.25. The zero-order chi connectivity index (χ0) is 14.0. The van der Waals surface area contributed by atoms with Crippen molar-refractivity contribution < 1.29 is 9.90 Å². The molecule has 0 bridgehead atoms. The van der Waals surface area contributed by atoms with E-state index in [0.29, 0.717) is 18.5 Å². The lowest BCUT2D eigenvalue weighted by Crippen LogP contribution is -2.34. The quantitative estimate of drug-likeness (QED) is 0.904. The van der Waals surface area contributed by atoms with E-state index in [2.05, 4.69) is 36.1 Å². The highest BCUT2D eigenvalue weighted by atomic mass is 16.4. The average molecular weight is 261 g/mol. The number of carbonyl (C=O) groups is 1. The molecule has 3 nitrogen and oxygen atoms in total. The Morgan fingerprint density at radius 1 is 1.37 bits per heavy atom. The summed E-state index contributed by atoms with van der Waals surface area (Å²) < 4.78 is 0. The Labute approximate surface area is 115 Å². The molecule has 0 amide bonds. The maximum absolute atomic E-state index is 11.0. The summed E-state index contributed by atoms with van der Waals surface area (Å²) in [5.74, 6) is -0.432. The largest absolute Gasteiger partial charge is 0.481 e. The van der Waals surface area contributed by atoms with E-state index in [4.69, 9.17) is 5.11 Å². The number of rotatable bonds is 4. The molecule has 1 aliphatic carbocycles. The van der Waals surface area contributed by atoms with Gasteiger partial charge in [-0.25, -0.2) is 0 Å². The van der Waals surface area contributed by atoms with Crippen LogP contribution in [-0.4, -0.2) is 29.6 Å². The summed E-state index contributed by atoms with van der Waals surface area (Å²) in [6, 6.07) is 8.93. The molecule has 3 atom stereocenters. The van der Waals surface area contributed by atoms with Gasteiger partial charge in [-0.05, 0) is 36.9 Å². The highest BCUT2D eigenvalue weighted by Gasteiger charge is 2.28. The van der Waals surface area contributed by atoms with Crippen LogP contribution in [0.5, 0.6) is 0 Å². The van der Waals surface area contributed by atoms with Gasteiger partial charge in [0.05, 0.1) is 5.92 Å². The lowest BCUT2D eigenvalue weighted by molar-refractivity contribution is -0.141. The van der Waals surface area contributed by atoms with Gasteiger partial charge in [0.2, 0.25) is 0 Å². The second-order valence-electron chi connectivity index (χ2n) is 5.80. The number of hydrogen-bond donors (Lipinski definition) is 1. The number of benzene rings is 1. The Morgan fingerprint density at radius 2 is 2.00 bits per heavy atom. The maximum Gasteiger partial charge on any atom is 0.307 e. The van der Waals surface area contributed by atoms with Gasteiger partial charge in [-0.2, -0.15) is 0 Å². The van der Waals surface area contributed by atoms with Gasteiger partial charge in [0.25, 0.3) is 0 Å². The second kappa shape index (κ2) is 5.74. The SMILES string of the molecule is CC(CN(C)C1CCC(C)c2ccccc21)C(=O)O. The van der Waals surface area contributed by atoms with Crippen molar-refractivity contribution in [3.05, 3.63) is 35.4 Å². The predicted molar refractivity (Wildman–Crippen MR) is 76.3 cm³/mol. The van der Waals surface area contributed by atoms with E-state index < -0.39 is 5.97 Å². The van der Waals surface area contributed by atoms with Crippen LogP contribution in [0.4, 0.5) is 0 Å². The molecule has 0 saturated heterocycles. The zero-order valence-electron chi connectivity index (χ0n) is 12.0. The van der Waals surface area contributed by atoms with Crippen LogP contribution in [0.25, 0.3) is 0 Å². The molecule has 1 N–H and O–H groups in total. The summed E-state index contributed by atoms with van der Waals surface area (Å²) in [5, 5.41) is 9.04. The third kappa shape index (κ3) is 2.98. The normalized spacial score (nSPS) is 24.0. The van der Waals surface area contributed by atoms with Crippen molar-refractivity contribution in [1.29, 1.82) is 0 Å².